The number of benzene rings is 2. The third-order valence-corrected chi connectivity index (χ3v) is 5.15. The Hall–Kier alpha value is -2.08. The van der Waals surface area contributed by atoms with Crippen LogP contribution < -0.4 is 16.0 Å². The van der Waals surface area contributed by atoms with Crippen molar-refractivity contribution in [2.45, 2.75) is 12.8 Å². The van der Waals surface area contributed by atoms with Crippen LogP contribution >= 0.6 is 23.2 Å². The van der Waals surface area contributed by atoms with Crippen LogP contribution in [0.4, 0.5) is 11.4 Å². The van der Waals surface area contributed by atoms with E-state index in [4.69, 9.17) is 23.2 Å². The van der Waals surface area contributed by atoms with E-state index in [1.54, 1.807) is 48.5 Å². The number of halogens is 2. The summed E-state index contributed by atoms with van der Waals surface area (Å²) in [6.45, 7) is 1.11. The van der Waals surface area contributed by atoms with Crippen molar-refractivity contribution in [1.29, 1.82) is 0 Å². The predicted molar refractivity (Wildman–Crippen MR) is 105 cm³/mol. The van der Waals surface area contributed by atoms with E-state index in [0.29, 0.717) is 40.9 Å². The van der Waals surface area contributed by atoms with Crippen molar-refractivity contribution in [3.05, 3.63) is 58.6 Å². The summed E-state index contributed by atoms with van der Waals surface area (Å²) in [4.78, 5) is 25.5. The summed E-state index contributed by atoms with van der Waals surface area (Å²) in [5.74, 6) is -0.471. The van der Waals surface area contributed by atoms with Crippen LogP contribution in [0.1, 0.15) is 12.8 Å². The lowest BCUT2D eigenvalue weighted by Gasteiger charge is -2.26. The molecule has 2 aromatic rings. The van der Waals surface area contributed by atoms with Gasteiger partial charge in [-0.3, -0.25) is 9.59 Å². The maximum absolute atomic E-state index is 12.9. The number of carbonyl (C=O) groups is 2. The zero-order valence-corrected chi connectivity index (χ0v) is 15.5. The Kier molecular flexibility index (Phi) is 5.81. The molecular formula is C19H19Cl2N3O2. The average Bonchev–Trinajstić information content (AvgIpc) is 3.08. The van der Waals surface area contributed by atoms with Crippen LogP contribution in [0.15, 0.2) is 48.5 Å². The molecule has 0 saturated carbocycles. The Morgan fingerprint density at radius 2 is 1.54 bits per heavy atom. The largest absolute Gasteiger partial charge is 0.325 e. The molecule has 0 bridgehead atoms. The number of hydrogen-bond acceptors (Lipinski definition) is 3. The van der Waals surface area contributed by atoms with Gasteiger partial charge in [0.25, 0.3) is 0 Å². The minimum absolute atomic E-state index is 0.0571. The maximum Gasteiger partial charge on any atom is 0.232 e. The van der Waals surface area contributed by atoms with Crippen molar-refractivity contribution in [2.24, 2.45) is 5.41 Å². The van der Waals surface area contributed by atoms with E-state index in [1.807, 2.05) is 0 Å². The molecule has 0 spiro atoms. The van der Waals surface area contributed by atoms with Crippen LogP contribution in [-0.2, 0) is 9.59 Å². The fourth-order valence-corrected chi connectivity index (χ4v) is 3.42. The molecule has 0 aliphatic carbocycles. The summed E-state index contributed by atoms with van der Waals surface area (Å²) >= 11 is 12.2. The summed E-state index contributed by atoms with van der Waals surface area (Å²) in [7, 11) is 0. The first-order chi connectivity index (χ1) is 12.5. The SMILES string of the molecule is O=C(CC1(C(=O)Nc2ccccc2Cl)CCNC1)Nc1ccccc1Cl. The van der Waals surface area contributed by atoms with Crippen LogP contribution in [0.3, 0.4) is 0 Å². The molecule has 1 unspecified atom stereocenters. The van der Waals surface area contributed by atoms with Crippen molar-refractivity contribution in [1.82, 2.24) is 5.32 Å². The van der Waals surface area contributed by atoms with Gasteiger partial charge in [0, 0.05) is 13.0 Å². The zero-order chi connectivity index (χ0) is 18.6. The number of rotatable bonds is 5. The summed E-state index contributed by atoms with van der Waals surface area (Å²) in [6.07, 6.45) is 0.626. The number of amides is 2. The lowest BCUT2D eigenvalue weighted by molar-refractivity contribution is -0.129. The van der Waals surface area contributed by atoms with Gasteiger partial charge in [-0.05, 0) is 37.2 Å². The van der Waals surface area contributed by atoms with Crippen LogP contribution in [0.5, 0.6) is 0 Å². The number of para-hydroxylation sites is 2. The first kappa shape index (κ1) is 18.7. The van der Waals surface area contributed by atoms with Gasteiger partial charge < -0.3 is 16.0 Å². The van der Waals surface area contributed by atoms with Crippen molar-refractivity contribution >= 4 is 46.4 Å². The summed E-state index contributed by atoms with van der Waals surface area (Å²) < 4.78 is 0. The van der Waals surface area contributed by atoms with E-state index in [-0.39, 0.29) is 18.2 Å². The van der Waals surface area contributed by atoms with Gasteiger partial charge in [-0.15, -0.1) is 0 Å². The number of carbonyl (C=O) groups excluding carboxylic acids is 2. The van der Waals surface area contributed by atoms with Gasteiger partial charge in [0.2, 0.25) is 11.8 Å². The Bertz CT molecular complexity index is 820. The molecule has 1 fully saturated rings. The second-order valence-electron chi connectivity index (χ2n) is 6.35. The molecule has 3 rings (SSSR count). The molecule has 3 N–H and O–H groups in total. The molecule has 1 saturated heterocycles. The Morgan fingerprint density at radius 1 is 0.962 bits per heavy atom. The minimum Gasteiger partial charge on any atom is -0.325 e. The second kappa shape index (κ2) is 8.08. The first-order valence-electron chi connectivity index (χ1n) is 8.31. The molecule has 1 atom stereocenters. The Morgan fingerprint density at radius 3 is 2.08 bits per heavy atom. The topological polar surface area (TPSA) is 70.2 Å². The molecule has 136 valence electrons. The fourth-order valence-electron chi connectivity index (χ4n) is 3.05. The zero-order valence-electron chi connectivity index (χ0n) is 14.0. The summed E-state index contributed by atoms with van der Waals surface area (Å²) in [5, 5.41) is 9.74. The molecule has 1 heterocycles. The summed E-state index contributed by atoms with van der Waals surface area (Å²) in [5.41, 5.74) is 0.244. The monoisotopic (exact) mass is 391 g/mol. The van der Waals surface area contributed by atoms with E-state index in [2.05, 4.69) is 16.0 Å². The fraction of sp³-hybridized carbons (Fsp3) is 0.263. The molecule has 1 aliphatic heterocycles. The smallest absolute Gasteiger partial charge is 0.232 e. The Balaban J connectivity index is 1.73. The highest BCUT2D eigenvalue weighted by atomic mass is 35.5. The molecule has 0 aromatic heterocycles. The van der Waals surface area contributed by atoms with Gasteiger partial charge in [-0.25, -0.2) is 0 Å². The van der Waals surface area contributed by atoms with Crippen molar-refractivity contribution < 1.29 is 9.59 Å². The van der Waals surface area contributed by atoms with E-state index < -0.39 is 5.41 Å². The number of nitrogens with one attached hydrogen (secondary N) is 3. The van der Waals surface area contributed by atoms with Gasteiger partial charge in [0.1, 0.15) is 0 Å². The quantitative estimate of drug-likeness (QED) is 0.722. The highest BCUT2D eigenvalue weighted by Gasteiger charge is 2.43. The number of anilines is 2. The van der Waals surface area contributed by atoms with E-state index in [9.17, 15) is 9.59 Å². The maximum atomic E-state index is 12.9. The molecule has 1 aliphatic rings. The third-order valence-electron chi connectivity index (χ3n) is 4.49. The molecule has 7 heteroatoms. The van der Waals surface area contributed by atoms with E-state index >= 15 is 0 Å². The van der Waals surface area contributed by atoms with Gasteiger partial charge in [0.05, 0.1) is 26.8 Å². The number of hydrogen-bond donors (Lipinski definition) is 3. The molecule has 2 aromatic carbocycles. The molecule has 26 heavy (non-hydrogen) atoms. The lowest BCUT2D eigenvalue weighted by atomic mass is 9.82. The first-order valence-corrected chi connectivity index (χ1v) is 9.07. The third kappa shape index (κ3) is 4.18. The molecular weight excluding hydrogens is 373 g/mol. The van der Waals surface area contributed by atoms with Crippen LogP contribution in [-0.4, -0.2) is 24.9 Å². The second-order valence-corrected chi connectivity index (χ2v) is 7.16. The van der Waals surface area contributed by atoms with Gasteiger partial charge >= 0.3 is 0 Å². The molecule has 0 radical (unpaired) electrons. The standard InChI is InChI=1S/C19H19Cl2N3O2/c20-13-5-1-3-7-15(13)23-17(25)11-19(9-10-22-12-19)18(26)24-16-8-4-2-6-14(16)21/h1-8,22H,9-12H2,(H,23,25)(H,24,26). The normalized spacial score (nSPS) is 19.2. The highest BCUT2D eigenvalue weighted by Crippen LogP contribution is 2.33. The van der Waals surface area contributed by atoms with E-state index in [1.165, 1.54) is 0 Å². The van der Waals surface area contributed by atoms with Crippen LogP contribution in [0.2, 0.25) is 10.0 Å². The minimum atomic E-state index is -0.829. The van der Waals surface area contributed by atoms with Crippen molar-refractivity contribution in [3.63, 3.8) is 0 Å². The summed E-state index contributed by atoms with van der Waals surface area (Å²) in [6, 6.07) is 14.0. The van der Waals surface area contributed by atoms with E-state index in [0.717, 1.165) is 0 Å². The van der Waals surface area contributed by atoms with Crippen LogP contribution in [0, 0.1) is 5.41 Å². The lowest BCUT2D eigenvalue weighted by Crippen LogP contribution is -2.41. The van der Waals surface area contributed by atoms with Gasteiger partial charge in [0.15, 0.2) is 0 Å². The molecule has 2 amide bonds. The highest BCUT2D eigenvalue weighted by molar-refractivity contribution is 6.34. The predicted octanol–water partition coefficient (Wildman–Crippen LogP) is 3.94. The van der Waals surface area contributed by atoms with Gasteiger partial charge in [-0.2, -0.15) is 0 Å². The van der Waals surface area contributed by atoms with Crippen molar-refractivity contribution in [3.8, 4) is 0 Å². The molecule has 5 nitrogen and oxygen atoms in total. The Labute approximate surface area is 162 Å². The van der Waals surface area contributed by atoms with Crippen molar-refractivity contribution in [2.75, 3.05) is 23.7 Å². The van der Waals surface area contributed by atoms with Gasteiger partial charge in [-0.1, -0.05) is 47.5 Å². The van der Waals surface area contributed by atoms with Crippen LogP contribution in [0.25, 0.3) is 0 Å². The average molecular weight is 392 g/mol.